The van der Waals surface area contributed by atoms with Crippen LogP contribution in [0.4, 0.5) is 0 Å². The van der Waals surface area contributed by atoms with Crippen molar-refractivity contribution in [1.82, 2.24) is 4.90 Å². The molecule has 1 fully saturated rings. The Hall–Kier alpha value is -1.55. The molecular formula is C13H18N2O2. The Bertz CT molecular complexity index is 406. The van der Waals surface area contributed by atoms with Gasteiger partial charge in [0.05, 0.1) is 13.2 Å². The number of hydrogen-bond donors (Lipinski definition) is 1. The van der Waals surface area contributed by atoms with E-state index in [1.54, 1.807) is 7.11 Å². The van der Waals surface area contributed by atoms with Crippen LogP contribution >= 0.6 is 0 Å². The quantitative estimate of drug-likeness (QED) is 0.850. The fourth-order valence-electron chi connectivity index (χ4n) is 2.34. The molecule has 4 heteroatoms. The van der Waals surface area contributed by atoms with Crippen molar-refractivity contribution in [3.05, 3.63) is 29.8 Å². The van der Waals surface area contributed by atoms with Crippen LogP contribution in [0.25, 0.3) is 0 Å². The van der Waals surface area contributed by atoms with E-state index in [4.69, 9.17) is 10.5 Å². The van der Waals surface area contributed by atoms with Gasteiger partial charge in [0.1, 0.15) is 5.75 Å². The normalized spacial score (nSPS) is 20.4. The molecule has 1 aliphatic rings. The molecule has 1 atom stereocenters. The molecule has 1 aliphatic heterocycles. The summed E-state index contributed by atoms with van der Waals surface area (Å²) in [4.78, 5) is 13.4. The lowest BCUT2D eigenvalue weighted by Crippen LogP contribution is -2.39. The van der Waals surface area contributed by atoms with E-state index >= 15 is 0 Å². The highest BCUT2D eigenvalue weighted by atomic mass is 16.5. The Morgan fingerprint density at radius 2 is 2.41 bits per heavy atom. The monoisotopic (exact) mass is 234 g/mol. The molecule has 1 unspecified atom stereocenters. The maximum Gasteiger partial charge on any atom is 0.234 e. The van der Waals surface area contributed by atoms with Crippen molar-refractivity contribution in [2.24, 2.45) is 5.73 Å². The maximum atomic E-state index is 11.3. The van der Waals surface area contributed by atoms with Gasteiger partial charge in [0, 0.05) is 6.54 Å². The Balaban J connectivity index is 2.06. The molecule has 4 nitrogen and oxygen atoms in total. The summed E-state index contributed by atoms with van der Waals surface area (Å²) in [6.07, 6.45) is 1.91. The molecule has 2 N–H and O–H groups in total. The zero-order valence-electron chi connectivity index (χ0n) is 10.1. The number of amides is 1. The molecule has 1 aromatic carbocycles. The van der Waals surface area contributed by atoms with Gasteiger partial charge in [0.2, 0.25) is 5.91 Å². The van der Waals surface area contributed by atoms with Gasteiger partial charge in [-0.05, 0) is 37.1 Å². The van der Waals surface area contributed by atoms with Gasteiger partial charge in [0.25, 0.3) is 0 Å². The highest BCUT2D eigenvalue weighted by Crippen LogP contribution is 2.21. The molecule has 1 aromatic rings. The van der Waals surface area contributed by atoms with Crippen LogP contribution in [-0.4, -0.2) is 30.5 Å². The summed E-state index contributed by atoms with van der Waals surface area (Å²) in [5.74, 6) is 0.628. The third-order valence-corrected chi connectivity index (χ3v) is 3.21. The number of nitrogens with two attached hydrogens (primary N) is 1. The highest BCUT2D eigenvalue weighted by Gasteiger charge is 2.28. The number of rotatable bonds is 4. The smallest absolute Gasteiger partial charge is 0.234 e. The first kappa shape index (κ1) is 11.9. The lowest BCUT2D eigenvalue weighted by atomic mass is 10.1. The highest BCUT2D eigenvalue weighted by molar-refractivity contribution is 5.80. The molecule has 0 radical (unpaired) electrons. The van der Waals surface area contributed by atoms with Crippen molar-refractivity contribution in [2.45, 2.75) is 25.4 Å². The molecule has 0 bridgehead atoms. The molecule has 1 heterocycles. The van der Waals surface area contributed by atoms with Crippen LogP contribution in [0.3, 0.4) is 0 Å². The van der Waals surface area contributed by atoms with Crippen LogP contribution < -0.4 is 10.5 Å². The fourth-order valence-corrected chi connectivity index (χ4v) is 2.34. The van der Waals surface area contributed by atoms with Crippen LogP contribution in [0.1, 0.15) is 18.4 Å². The van der Waals surface area contributed by atoms with Crippen LogP contribution in [0, 0.1) is 0 Å². The third kappa shape index (κ3) is 2.77. The van der Waals surface area contributed by atoms with Crippen LogP contribution in [0.2, 0.25) is 0 Å². The largest absolute Gasteiger partial charge is 0.497 e. The molecule has 0 aromatic heterocycles. The molecule has 92 valence electrons. The summed E-state index contributed by atoms with van der Waals surface area (Å²) in [5.41, 5.74) is 6.54. The molecular weight excluding hydrogens is 216 g/mol. The minimum Gasteiger partial charge on any atom is -0.497 e. The van der Waals surface area contributed by atoms with Crippen molar-refractivity contribution < 1.29 is 9.53 Å². The van der Waals surface area contributed by atoms with Crippen molar-refractivity contribution in [1.29, 1.82) is 0 Å². The van der Waals surface area contributed by atoms with E-state index in [0.29, 0.717) is 0 Å². The summed E-state index contributed by atoms with van der Waals surface area (Å²) >= 11 is 0. The van der Waals surface area contributed by atoms with Gasteiger partial charge in [-0.2, -0.15) is 0 Å². The average Bonchev–Trinajstić information content (AvgIpc) is 2.77. The first-order chi connectivity index (χ1) is 8.20. The summed E-state index contributed by atoms with van der Waals surface area (Å²) in [7, 11) is 1.65. The SMILES string of the molecule is COc1cccc(CN2CCCC2C(N)=O)c1. The van der Waals surface area contributed by atoms with E-state index < -0.39 is 0 Å². The molecule has 2 rings (SSSR count). The van der Waals surface area contributed by atoms with Gasteiger partial charge in [-0.15, -0.1) is 0 Å². The van der Waals surface area contributed by atoms with Gasteiger partial charge in [-0.3, -0.25) is 9.69 Å². The zero-order valence-corrected chi connectivity index (χ0v) is 10.1. The maximum absolute atomic E-state index is 11.3. The van der Waals surface area contributed by atoms with E-state index in [2.05, 4.69) is 4.90 Å². The minimum atomic E-state index is -0.217. The van der Waals surface area contributed by atoms with E-state index in [0.717, 1.165) is 37.2 Å². The predicted molar refractivity (Wildman–Crippen MR) is 65.6 cm³/mol. The first-order valence-electron chi connectivity index (χ1n) is 5.87. The van der Waals surface area contributed by atoms with E-state index in [1.165, 1.54) is 0 Å². The number of ether oxygens (including phenoxy) is 1. The molecule has 0 aliphatic carbocycles. The first-order valence-corrected chi connectivity index (χ1v) is 5.87. The number of likely N-dealkylation sites (tertiary alicyclic amines) is 1. The number of benzene rings is 1. The number of carbonyl (C=O) groups is 1. The number of carbonyl (C=O) groups excluding carboxylic acids is 1. The molecule has 1 amide bonds. The Morgan fingerprint density at radius 1 is 1.59 bits per heavy atom. The van der Waals surface area contributed by atoms with Crippen molar-refractivity contribution in [2.75, 3.05) is 13.7 Å². The Labute approximate surface area is 101 Å². The van der Waals surface area contributed by atoms with Crippen molar-refractivity contribution in [3.63, 3.8) is 0 Å². The lowest BCUT2D eigenvalue weighted by molar-refractivity contribution is -0.122. The molecule has 0 spiro atoms. The lowest BCUT2D eigenvalue weighted by Gasteiger charge is -2.21. The molecule has 17 heavy (non-hydrogen) atoms. The number of nitrogens with zero attached hydrogens (tertiary/aromatic N) is 1. The molecule has 0 saturated carbocycles. The van der Waals surface area contributed by atoms with Gasteiger partial charge >= 0.3 is 0 Å². The number of hydrogen-bond acceptors (Lipinski definition) is 3. The van der Waals surface area contributed by atoms with Gasteiger partial charge in [-0.1, -0.05) is 12.1 Å². The topological polar surface area (TPSA) is 55.6 Å². The minimum absolute atomic E-state index is 0.110. The van der Waals surface area contributed by atoms with E-state index in [1.807, 2.05) is 24.3 Å². The van der Waals surface area contributed by atoms with Gasteiger partial charge in [-0.25, -0.2) is 0 Å². The van der Waals surface area contributed by atoms with Crippen LogP contribution in [-0.2, 0) is 11.3 Å². The van der Waals surface area contributed by atoms with Gasteiger partial charge < -0.3 is 10.5 Å². The fraction of sp³-hybridized carbons (Fsp3) is 0.462. The van der Waals surface area contributed by atoms with Crippen molar-refractivity contribution >= 4 is 5.91 Å². The number of methoxy groups -OCH3 is 1. The second kappa shape index (κ2) is 5.19. The molecule has 1 saturated heterocycles. The summed E-state index contributed by atoms with van der Waals surface area (Å²) in [5, 5.41) is 0. The Kier molecular flexibility index (Phi) is 3.64. The van der Waals surface area contributed by atoms with E-state index in [9.17, 15) is 4.79 Å². The summed E-state index contributed by atoms with van der Waals surface area (Å²) in [6.45, 7) is 1.69. The third-order valence-electron chi connectivity index (χ3n) is 3.21. The van der Waals surface area contributed by atoms with Gasteiger partial charge in [0.15, 0.2) is 0 Å². The zero-order chi connectivity index (χ0) is 12.3. The summed E-state index contributed by atoms with van der Waals surface area (Å²) < 4.78 is 5.18. The Morgan fingerprint density at radius 3 is 3.12 bits per heavy atom. The van der Waals surface area contributed by atoms with Crippen molar-refractivity contribution in [3.8, 4) is 5.75 Å². The van der Waals surface area contributed by atoms with E-state index in [-0.39, 0.29) is 11.9 Å². The standard InChI is InChI=1S/C13H18N2O2/c1-17-11-5-2-4-10(8-11)9-15-7-3-6-12(15)13(14)16/h2,4-5,8,12H,3,6-7,9H2,1H3,(H2,14,16). The second-order valence-corrected chi connectivity index (χ2v) is 4.38. The number of primary amides is 1. The summed E-state index contributed by atoms with van der Waals surface area (Å²) in [6, 6.07) is 7.80. The van der Waals surface area contributed by atoms with Crippen LogP contribution in [0.15, 0.2) is 24.3 Å². The average molecular weight is 234 g/mol. The predicted octanol–water partition coefficient (Wildman–Crippen LogP) is 1.14. The van der Waals surface area contributed by atoms with Crippen LogP contribution in [0.5, 0.6) is 5.75 Å². The second-order valence-electron chi connectivity index (χ2n) is 4.38.